The van der Waals surface area contributed by atoms with Crippen LogP contribution in [0.25, 0.3) is 0 Å². The van der Waals surface area contributed by atoms with Gasteiger partial charge in [-0.05, 0) is 19.8 Å². The number of nitrogens with zero attached hydrogens (tertiary/aromatic N) is 3. The Balaban J connectivity index is 1.96. The van der Waals surface area contributed by atoms with Gasteiger partial charge in [-0.1, -0.05) is 0 Å². The fourth-order valence-corrected chi connectivity index (χ4v) is 1.80. The lowest BCUT2D eigenvalue weighted by molar-refractivity contribution is -0.385. The van der Waals surface area contributed by atoms with Crippen LogP contribution in [0.15, 0.2) is 12.4 Å². The summed E-state index contributed by atoms with van der Waals surface area (Å²) in [5.74, 6) is 0.426. The van der Waals surface area contributed by atoms with Crippen molar-refractivity contribution in [3.63, 3.8) is 0 Å². The normalized spacial score (nSPS) is 24.3. The summed E-state index contributed by atoms with van der Waals surface area (Å²) >= 11 is 0. The zero-order valence-electron chi connectivity index (χ0n) is 9.50. The minimum atomic E-state index is -0.514. The summed E-state index contributed by atoms with van der Waals surface area (Å²) in [6.07, 6.45) is 4.42. The van der Waals surface area contributed by atoms with Crippen LogP contribution in [0.4, 0.5) is 11.6 Å². The number of nitrogens with one attached hydrogen (secondary N) is 1. The van der Waals surface area contributed by atoms with Gasteiger partial charge in [-0.15, -0.1) is 0 Å². The summed E-state index contributed by atoms with van der Waals surface area (Å²) in [7, 11) is 0. The lowest BCUT2D eigenvalue weighted by Gasteiger charge is -2.27. The summed E-state index contributed by atoms with van der Waals surface area (Å²) in [5, 5.41) is 13.6. The van der Waals surface area contributed by atoms with Crippen LogP contribution in [0.5, 0.6) is 0 Å². The van der Waals surface area contributed by atoms with E-state index in [1.165, 1.54) is 12.4 Å². The Morgan fingerprint density at radius 1 is 1.53 bits per heavy atom. The van der Waals surface area contributed by atoms with E-state index in [2.05, 4.69) is 15.3 Å². The Labute approximate surface area is 98.4 Å². The quantitative estimate of drug-likeness (QED) is 0.631. The van der Waals surface area contributed by atoms with Crippen molar-refractivity contribution in [2.45, 2.75) is 31.9 Å². The standard InChI is InChI=1S/C10H14N4O3/c1-7-4-8(2-3-17-7)13-10-11-5-9(6-12-10)14(15)16/h5-8H,2-4H2,1H3,(H,11,12,13). The zero-order valence-corrected chi connectivity index (χ0v) is 9.50. The van der Waals surface area contributed by atoms with E-state index in [4.69, 9.17) is 4.74 Å². The molecule has 2 rings (SSSR count). The lowest BCUT2D eigenvalue weighted by Crippen LogP contribution is -2.33. The van der Waals surface area contributed by atoms with Gasteiger partial charge in [-0.25, -0.2) is 9.97 Å². The molecule has 1 N–H and O–H groups in total. The van der Waals surface area contributed by atoms with E-state index in [1.807, 2.05) is 6.92 Å². The third kappa shape index (κ3) is 3.10. The Hall–Kier alpha value is -1.76. The van der Waals surface area contributed by atoms with Crippen molar-refractivity contribution in [2.24, 2.45) is 0 Å². The van der Waals surface area contributed by atoms with Gasteiger partial charge in [-0.2, -0.15) is 0 Å². The van der Waals surface area contributed by atoms with E-state index in [1.54, 1.807) is 0 Å². The van der Waals surface area contributed by atoms with Crippen LogP contribution >= 0.6 is 0 Å². The maximum absolute atomic E-state index is 10.4. The number of hydrogen-bond acceptors (Lipinski definition) is 6. The van der Waals surface area contributed by atoms with Crippen molar-refractivity contribution in [1.82, 2.24) is 9.97 Å². The van der Waals surface area contributed by atoms with Gasteiger partial charge in [0.15, 0.2) is 0 Å². The van der Waals surface area contributed by atoms with Crippen molar-refractivity contribution in [3.8, 4) is 0 Å². The van der Waals surface area contributed by atoms with E-state index in [-0.39, 0.29) is 17.8 Å². The lowest BCUT2D eigenvalue weighted by atomic mass is 10.0. The molecule has 7 heteroatoms. The number of anilines is 1. The van der Waals surface area contributed by atoms with E-state index >= 15 is 0 Å². The first-order valence-electron chi connectivity index (χ1n) is 5.49. The Kier molecular flexibility index (Phi) is 3.48. The predicted molar refractivity (Wildman–Crippen MR) is 60.7 cm³/mol. The summed E-state index contributed by atoms with van der Waals surface area (Å²) in [6.45, 7) is 2.73. The number of nitro groups is 1. The Morgan fingerprint density at radius 3 is 2.82 bits per heavy atom. The molecule has 1 aromatic rings. The highest BCUT2D eigenvalue weighted by atomic mass is 16.6. The highest BCUT2D eigenvalue weighted by molar-refractivity contribution is 5.31. The van der Waals surface area contributed by atoms with Crippen LogP contribution in [-0.4, -0.2) is 33.6 Å². The number of rotatable bonds is 3. The van der Waals surface area contributed by atoms with Crippen LogP contribution in [0.3, 0.4) is 0 Å². The molecule has 1 fully saturated rings. The van der Waals surface area contributed by atoms with Crippen molar-refractivity contribution >= 4 is 11.6 Å². The highest BCUT2D eigenvalue weighted by Crippen LogP contribution is 2.17. The molecule has 17 heavy (non-hydrogen) atoms. The van der Waals surface area contributed by atoms with Gasteiger partial charge in [0, 0.05) is 12.6 Å². The maximum atomic E-state index is 10.4. The average Bonchev–Trinajstić information content (AvgIpc) is 2.29. The molecule has 92 valence electrons. The second-order valence-electron chi connectivity index (χ2n) is 4.07. The third-order valence-electron chi connectivity index (χ3n) is 2.67. The maximum Gasteiger partial charge on any atom is 0.305 e. The fraction of sp³-hybridized carbons (Fsp3) is 0.600. The monoisotopic (exact) mass is 238 g/mol. The van der Waals surface area contributed by atoms with E-state index in [0.29, 0.717) is 12.6 Å². The van der Waals surface area contributed by atoms with Gasteiger partial charge in [0.05, 0.1) is 11.0 Å². The van der Waals surface area contributed by atoms with E-state index < -0.39 is 4.92 Å². The molecule has 1 aliphatic rings. The zero-order chi connectivity index (χ0) is 12.3. The van der Waals surface area contributed by atoms with E-state index in [9.17, 15) is 10.1 Å². The van der Waals surface area contributed by atoms with Crippen LogP contribution in [0, 0.1) is 10.1 Å². The van der Waals surface area contributed by atoms with Crippen LogP contribution in [0.2, 0.25) is 0 Å². The molecule has 0 saturated carbocycles. The minimum Gasteiger partial charge on any atom is -0.378 e. The number of aromatic nitrogens is 2. The molecular weight excluding hydrogens is 224 g/mol. The van der Waals surface area contributed by atoms with Crippen molar-refractivity contribution in [3.05, 3.63) is 22.5 Å². The van der Waals surface area contributed by atoms with Gasteiger partial charge < -0.3 is 10.1 Å². The second kappa shape index (κ2) is 5.05. The molecule has 2 heterocycles. The molecule has 0 aromatic carbocycles. The summed E-state index contributed by atoms with van der Waals surface area (Å²) < 4.78 is 5.43. The molecule has 0 amide bonds. The Morgan fingerprint density at radius 2 is 2.24 bits per heavy atom. The SMILES string of the molecule is CC1CC(Nc2ncc([N+](=O)[O-])cn2)CCO1. The first-order chi connectivity index (χ1) is 8.15. The van der Waals surface area contributed by atoms with Gasteiger partial charge >= 0.3 is 5.69 Å². The largest absolute Gasteiger partial charge is 0.378 e. The van der Waals surface area contributed by atoms with Gasteiger partial charge in [0.1, 0.15) is 12.4 Å². The molecule has 0 spiro atoms. The Bertz CT molecular complexity index is 395. The molecule has 0 aliphatic carbocycles. The van der Waals surface area contributed by atoms with E-state index in [0.717, 1.165) is 12.8 Å². The summed E-state index contributed by atoms with van der Waals surface area (Å²) in [5.41, 5.74) is -0.101. The topological polar surface area (TPSA) is 90.2 Å². The van der Waals surface area contributed by atoms with Gasteiger partial charge in [0.25, 0.3) is 0 Å². The fourth-order valence-electron chi connectivity index (χ4n) is 1.80. The third-order valence-corrected chi connectivity index (χ3v) is 2.67. The smallest absolute Gasteiger partial charge is 0.305 e. The van der Waals surface area contributed by atoms with Crippen LogP contribution < -0.4 is 5.32 Å². The first kappa shape index (κ1) is 11.7. The van der Waals surface area contributed by atoms with Crippen molar-refractivity contribution in [2.75, 3.05) is 11.9 Å². The minimum absolute atomic E-state index is 0.101. The van der Waals surface area contributed by atoms with Crippen molar-refractivity contribution < 1.29 is 9.66 Å². The molecule has 2 atom stereocenters. The summed E-state index contributed by atoms with van der Waals surface area (Å²) in [6, 6.07) is 0.264. The molecule has 1 aromatic heterocycles. The predicted octanol–water partition coefficient (Wildman–Crippen LogP) is 1.36. The first-order valence-corrected chi connectivity index (χ1v) is 5.49. The summed E-state index contributed by atoms with van der Waals surface area (Å²) in [4.78, 5) is 17.7. The average molecular weight is 238 g/mol. The molecule has 0 radical (unpaired) electrons. The highest BCUT2D eigenvalue weighted by Gasteiger charge is 2.20. The molecular formula is C10H14N4O3. The molecule has 2 unspecified atom stereocenters. The number of ether oxygens (including phenoxy) is 1. The molecule has 1 aliphatic heterocycles. The van der Waals surface area contributed by atoms with Gasteiger partial charge in [0.2, 0.25) is 5.95 Å². The van der Waals surface area contributed by atoms with Crippen molar-refractivity contribution in [1.29, 1.82) is 0 Å². The molecule has 7 nitrogen and oxygen atoms in total. The molecule has 0 bridgehead atoms. The molecule has 1 saturated heterocycles. The van der Waals surface area contributed by atoms with Gasteiger partial charge in [-0.3, -0.25) is 10.1 Å². The van der Waals surface area contributed by atoms with Crippen LogP contribution in [-0.2, 0) is 4.74 Å². The van der Waals surface area contributed by atoms with Crippen LogP contribution in [0.1, 0.15) is 19.8 Å². The number of hydrogen-bond donors (Lipinski definition) is 1. The second-order valence-corrected chi connectivity index (χ2v) is 4.07.